The highest BCUT2D eigenvalue weighted by Crippen LogP contribution is 2.26. The molecule has 0 spiro atoms. The standard InChI is InChI=1S/C23H26N4O4S/c1-3-16-14-21(25-23(24-16)32-15-19-8-9-20(31-19)22(28)29)27-12-10-26(11-13-27)17-4-6-18(30-2)7-5-17/h4-9,14H,3,10-13,15H2,1-2H3,(H,28,29). The Hall–Kier alpha value is -3.20. The van der Waals surface area contributed by atoms with Gasteiger partial charge in [-0.2, -0.15) is 0 Å². The molecular weight excluding hydrogens is 428 g/mol. The molecule has 32 heavy (non-hydrogen) atoms. The van der Waals surface area contributed by atoms with E-state index in [0.717, 1.165) is 49.9 Å². The number of carbonyl (C=O) groups is 1. The average molecular weight is 455 g/mol. The minimum Gasteiger partial charge on any atom is -0.497 e. The molecule has 9 heteroatoms. The summed E-state index contributed by atoms with van der Waals surface area (Å²) in [6.07, 6.45) is 0.818. The van der Waals surface area contributed by atoms with E-state index in [-0.39, 0.29) is 5.76 Å². The zero-order valence-corrected chi connectivity index (χ0v) is 19.0. The molecule has 8 nitrogen and oxygen atoms in total. The summed E-state index contributed by atoms with van der Waals surface area (Å²) in [5.41, 5.74) is 2.18. The fourth-order valence-electron chi connectivity index (χ4n) is 3.56. The predicted molar refractivity (Wildman–Crippen MR) is 124 cm³/mol. The number of benzene rings is 1. The zero-order chi connectivity index (χ0) is 22.5. The van der Waals surface area contributed by atoms with Crippen molar-refractivity contribution in [3.8, 4) is 5.75 Å². The quantitative estimate of drug-likeness (QED) is 0.401. The van der Waals surface area contributed by atoms with Crippen molar-refractivity contribution < 1.29 is 19.1 Å². The molecule has 1 aromatic carbocycles. The Morgan fingerprint density at radius 3 is 2.44 bits per heavy atom. The van der Waals surface area contributed by atoms with Gasteiger partial charge >= 0.3 is 5.97 Å². The average Bonchev–Trinajstić information content (AvgIpc) is 3.32. The molecule has 1 aliphatic rings. The van der Waals surface area contributed by atoms with Crippen molar-refractivity contribution in [3.63, 3.8) is 0 Å². The third kappa shape index (κ3) is 5.16. The summed E-state index contributed by atoms with van der Waals surface area (Å²) in [5.74, 6) is 1.73. The molecule has 168 valence electrons. The van der Waals surface area contributed by atoms with E-state index in [4.69, 9.17) is 19.2 Å². The summed E-state index contributed by atoms with van der Waals surface area (Å²) in [7, 11) is 1.68. The molecule has 3 aromatic rings. The van der Waals surface area contributed by atoms with Gasteiger partial charge in [0, 0.05) is 43.6 Å². The van der Waals surface area contributed by atoms with Gasteiger partial charge in [-0.15, -0.1) is 0 Å². The van der Waals surface area contributed by atoms with E-state index >= 15 is 0 Å². The summed E-state index contributed by atoms with van der Waals surface area (Å²) in [6, 6.07) is 13.4. The molecule has 0 aliphatic carbocycles. The second kappa shape index (κ2) is 9.95. The molecule has 1 aliphatic heterocycles. The van der Waals surface area contributed by atoms with E-state index in [2.05, 4.69) is 39.9 Å². The van der Waals surface area contributed by atoms with Gasteiger partial charge in [-0.3, -0.25) is 0 Å². The lowest BCUT2D eigenvalue weighted by Crippen LogP contribution is -2.46. The van der Waals surface area contributed by atoms with Crippen LogP contribution in [0.3, 0.4) is 0 Å². The van der Waals surface area contributed by atoms with Crippen LogP contribution in [0.4, 0.5) is 11.5 Å². The molecule has 0 saturated carbocycles. The molecule has 1 N–H and O–H groups in total. The number of methoxy groups -OCH3 is 1. The highest BCUT2D eigenvalue weighted by molar-refractivity contribution is 7.98. The van der Waals surface area contributed by atoms with Crippen LogP contribution in [-0.4, -0.2) is 54.3 Å². The number of nitrogens with zero attached hydrogens (tertiary/aromatic N) is 4. The van der Waals surface area contributed by atoms with Crippen molar-refractivity contribution >= 4 is 29.2 Å². The number of furan rings is 1. The molecule has 1 fully saturated rings. The number of hydrogen-bond donors (Lipinski definition) is 1. The fraction of sp³-hybridized carbons (Fsp3) is 0.348. The van der Waals surface area contributed by atoms with Crippen LogP contribution in [0, 0.1) is 0 Å². The molecule has 1 saturated heterocycles. The zero-order valence-electron chi connectivity index (χ0n) is 18.2. The number of carboxylic acids is 1. The highest BCUT2D eigenvalue weighted by Gasteiger charge is 2.20. The number of carboxylic acid groups (broad SMARTS) is 1. The van der Waals surface area contributed by atoms with Crippen molar-refractivity contribution in [1.82, 2.24) is 9.97 Å². The molecule has 0 amide bonds. The van der Waals surface area contributed by atoms with Gasteiger partial charge in [-0.1, -0.05) is 18.7 Å². The van der Waals surface area contributed by atoms with Crippen LogP contribution in [-0.2, 0) is 12.2 Å². The van der Waals surface area contributed by atoms with Crippen LogP contribution < -0.4 is 14.5 Å². The minimum absolute atomic E-state index is 0.0563. The normalized spacial score (nSPS) is 13.9. The van der Waals surface area contributed by atoms with Gasteiger partial charge in [0.1, 0.15) is 17.3 Å². The Morgan fingerprint density at radius 1 is 1.09 bits per heavy atom. The Morgan fingerprint density at radius 2 is 1.81 bits per heavy atom. The smallest absolute Gasteiger partial charge is 0.371 e. The first-order valence-corrected chi connectivity index (χ1v) is 11.5. The van der Waals surface area contributed by atoms with Crippen LogP contribution in [0.25, 0.3) is 0 Å². The maximum absolute atomic E-state index is 11.0. The van der Waals surface area contributed by atoms with Crippen molar-refractivity contribution in [2.45, 2.75) is 24.3 Å². The van der Waals surface area contributed by atoms with Crippen molar-refractivity contribution in [2.24, 2.45) is 0 Å². The van der Waals surface area contributed by atoms with E-state index < -0.39 is 5.97 Å². The number of aromatic carboxylic acids is 1. The third-order valence-electron chi connectivity index (χ3n) is 5.36. The monoisotopic (exact) mass is 454 g/mol. The fourth-order valence-corrected chi connectivity index (χ4v) is 4.33. The number of rotatable bonds is 8. The van der Waals surface area contributed by atoms with E-state index in [1.54, 1.807) is 13.2 Å². The molecule has 0 unspecified atom stereocenters. The van der Waals surface area contributed by atoms with Gasteiger partial charge in [-0.25, -0.2) is 14.8 Å². The molecule has 0 atom stereocenters. The van der Waals surface area contributed by atoms with E-state index in [9.17, 15) is 4.79 Å². The number of ether oxygens (including phenoxy) is 1. The number of aryl methyl sites for hydroxylation is 1. The predicted octanol–water partition coefficient (Wildman–Crippen LogP) is 3.96. The van der Waals surface area contributed by atoms with Crippen LogP contribution in [0.1, 0.15) is 28.9 Å². The van der Waals surface area contributed by atoms with Crippen LogP contribution in [0.15, 0.2) is 52.0 Å². The Labute approximate surface area is 191 Å². The number of piperazine rings is 1. The maximum atomic E-state index is 11.0. The van der Waals surface area contributed by atoms with Gasteiger partial charge in [0.25, 0.3) is 0 Å². The first kappa shape index (κ1) is 22.0. The van der Waals surface area contributed by atoms with Crippen LogP contribution >= 0.6 is 11.8 Å². The summed E-state index contributed by atoms with van der Waals surface area (Å²) >= 11 is 1.45. The van der Waals surface area contributed by atoms with Gasteiger partial charge < -0.3 is 24.1 Å². The first-order chi connectivity index (χ1) is 15.6. The van der Waals surface area contributed by atoms with Crippen molar-refractivity contribution in [3.05, 3.63) is 59.7 Å². The second-order valence-electron chi connectivity index (χ2n) is 7.39. The molecule has 3 heterocycles. The molecule has 0 radical (unpaired) electrons. The molecule has 4 rings (SSSR count). The Balaban J connectivity index is 1.41. The van der Waals surface area contributed by atoms with Gasteiger partial charge in [0.2, 0.25) is 5.76 Å². The lowest BCUT2D eigenvalue weighted by atomic mass is 10.2. The van der Waals surface area contributed by atoms with Crippen molar-refractivity contribution in [1.29, 1.82) is 0 Å². The van der Waals surface area contributed by atoms with Crippen LogP contribution in [0.5, 0.6) is 5.75 Å². The summed E-state index contributed by atoms with van der Waals surface area (Å²) in [4.78, 5) is 25.0. The highest BCUT2D eigenvalue weighted by atomic mass is 32.2. The van der Waals surface area contributed by atoms with Gasteiger partial charge in [-0.05, 0) is 42.8 Å². The summed E-state index contributed by atoms with van der Waals surface area (Å²) in [5, 5.41) is 9.68. The van der Waals surface area contributed by atoms with E-state index in [0.29, 0.717) is 16.7 Å². The Kier molecular flexibility index (Phi) is 6.84. The maximum Gasteiger partial charge on any atom is 0.371 e. The summed E-state index contributed by atoms with van der Waals surface area (Å²) in [6.45, 7) is 5.63. The number of anilines is 2. The number of thioether (sulfide) groups is 1. The van der Waals surface area contributed by atoms with E-state index in [1.807, 2.05) is 12.1 Å². The summed E-state index contributed by atoms with van der Waals surface area (Å²) < 4.78 is 10.6. The second-order valence-corrected chi connectivity index (χ2v) is 8.33. The molecular formula is C23H26N4O4S. The topological polar surface area (TPSA) is 91.9 Å². The lowest BCUT2D eigenvalue weighted by Gasteiger charge is -2.37. The lowest BCUT2D eigenvalue weighted by molar-refractivity contribution is 0.0661. The molecule has 2 aromatic heterocycles. The van der Waals surface area contributed by atoms with Gasteiger partial charge in [0.15, 0.2) is 5.16 Å². The molecule has 0 bridgehead atoms. The van der Waals surface area contributed by atoms with Crippen molar-refractivity contribution in [2.75, 3.05) is 43.1 Å². The first-order valence-electron chi connectivity index (χ1n) is 10.5. The number of hydrogen-bond acceptors (Lipinski definition) is 8. The minimum atomic E-state index is -1.07. The Bertz CT molecular complexity index is 1060. The third-order valence-corrected chi connectivity index (χ3v) is 6.23. The van der Waals surface area contributed by atoms with E-state index in [1.165, 1.54) is 23.5 Å². The number of aromatic nitrogens is 2. The van der Waals surface area contributed by atoms with Crippen LogP contribution in [0.2, 0.25) is 0 Å². The SMILES string of the molecule is CCc1cc(N2CCN(c3ccc(OC)cc3)CC2)nc(SCc2ccc(C(=O)O)o2)n1. The largest absolute Gasteiger partial charge is 0.497 e. The van der Waals surface area contributed by atoms with Gasteiger partial charge in [0.05, 0.1) is 12.9 Å².